The van der Waals surface area contributed by atoms with Gasteiger partial charge < -0.3 is 5.73 Å². The summed E-state index contributed by atoms with van der Waals surface area (Å²) < 4.78 is 1.86. The zero-order valence-corrected chi connectivity index (χ0v) is 10.2. The van der Waals surface area contributed by atoms with Crippen LogP contribution in [-0.2, 0) is 13.0 Å². The SMILES string of the molecule is CCCc1c(N)nnn1Cc1cncc(C)c1. The zero-order valence-electron chi connectivity index (χ0n) is 10.2. The van der Waals surface area contributed by atoms with E-state index in [0.717, 1.165) is 29.7 Å². The van der Waals surface area contributed by atoms with Crippen molar-refractivity contribution in [3.05, 3.63) is 35.3 Å². The Labute approximate surface area is 101 Å². The number of aryl methyl sites for hydroxylation is 1. The van der Waals surface area contributed by atoms with Gasteiger partial charge in [-0.2, -0.15) is 0 Å². The van der Waals surface area contributed by atoms with Gasteiger partial charge in [-0.1, -0.05) is 24.6 Å². The van der Waals surface area contributed by atoms with E-state index in [0.29, 0.717) is 12.4 Å². The van der Waals surface area contributed by atoms with Crippen molar-refractivity contribution in [2.24, 2.45) is 0 Å². The molecular formula is C12H17N5. The van der Waals surface area contributed by atoms with Gasteiger partial charge in [-0.15, -0.1) is 5.10 Å². The number of nitrogens with two attached hydrogens (primary N) is 1. The monoisotopic (exact) mass is 231 g/mol. The average molecular weight is 231 g/mol. The summed E-state index contributed by atoms with van der Waals surface area (Å²) in [5.41, 5.74) is 9.07. The minimum Gasteiger partial charge on any atom is -0.381 e. The van der Waals surface area contributed by atoms with Crippen LogP contribution >= 0.6 is 0 Å². The molecule has 0 aliphatic rings. The van der Waals surface area contributed by atoms with Crippen LogP contribution in [0.15, 0.2) is 18.5 Å². The highest BCUT2D eigenvalue weighted by Crippen LogP contribution is 2.12. The third-order valence-electron chi connectivity index (χ3n) is 2.62. The summed E-state index contributed by atoms with van der Waals surface area (Å²) in [5, 5.41) is 8.00. The third kappa shape index (κ3) is 2.61. The van der Waals surface area contributed by atoms with Gasteiger partial charge in [0.15, 0.2) is 5.82 Å². The Hall–Kier alpha value is -1.91. The van der Waals surface area contributed by atoms with Crippen molar-refractivity contribution in [2.45, 2.75) is 33.2 Å². The fraction of sp³-hybridized carbons (Fsp3) is 0.417. The molecule has 0 atom stereocenters. The minimum absolute atomic E-state index is 0.535. The molecule has 0 amide bonds. The van der Waals surface area contributed by atoms with E-state index < -0.39 is 0 Å². The normalized spacial score (nSPS) is 10.7. The maximum atomic E-state index is 5.80. The van der Waals surface area contributed by atoms with Gasteiger partial charge >= 0.3 is 0 Å². The lowest BCUT2D eigenvalue weighted by atomic mass is 10.2. The van der Waals surface area contributed by atoms with Crippen LogP contribution in [-0.4, -0.2) is 20.0 Å². The van der Waals surface area contributed by atoms with Gasteiger partial charge in [0, 0.05) is 12.4 Å². The van der Waals surface area contributed by atoms with E-state index >= 15 is 0 Å². The van der Waals surface area contributed by atoms with E-state index in [1.807, 2.05) is 24.0 Å². The smallest absolute Gasteiger partial charge is 0.169 e. The predicted octanol–water partition coefficient (Wildman–Crippen LogP) is 1.56. The number of pyridine rings is 1. The first kappa shape index (κ1) is 11.6. The van der Waals surface area contributed by atoms with Crippen LogP contribution in [0.5, 0.6) is 0 Å². The van der Waals surface area contributed by atoms with Crippen molar-refractivity contribution in [1.82, 2.24) is 20.0 Å². The molecule has 2 N–H and O–H groups in total. The zero-order chi connectivity index (χ0) is 12.3. The van der Waals surface area contributed by atoms with Crippen LogP contribution in [0.2, 0.25) is 0 Å². The highest BCUT2D eigenvalue weighted by Gasteiger charge is 2.09. The fourth-order valence-corrected chi connectivity index (χ4v) is 1.84. The minimum atomic E-state index is 0.535. The molecular weight excluding hydrogens is 214 g/mol. The molecule has 2 rings (SSSR count). The van der Waals surface area contributed by atoms with E-state index in [1.54, 1.807) is 0 Å². The van der Waals surface area contributed by atoms with E-state index in [-0.39, 0.29) is 0 Å². The topological polar surface area (TPSA) is 69.6 Å². The number of anilines is 1. The number of nitrogen functional groups attached to an aromatic ring is 1. The lowest BCUT2D eigenvalue weighted by molar-refractivity contribution is 0.612. The molecule has 0 saturated heterocycles. The molecule has 90 valence electrons. The number of hydrogen-bond acceptors (Lipinski definition) is 4. The number of aromatic nitrogens is 4. The molecule has 0 aromatic carbocycles. The highest BCUT2D eigenvalue weighted by molar-refractivity contribution is 5.33. The van der Waals surface area contributed by atoms with Gasteiger partial charge in [-0.3, -0.25) is 4.98 Å². The standard InChI is InChI=1S/C12H17N5/c1-3-4-11-12(13)15-16-17(11)8-10-5-9(2)6-14-7-10/h5-7H,3-4,8,13H2,1-2H3. The van der Waals surface area contributed by atoms with E-state index in [9.17, 15) is 0 Å². The van der Waals surface area contributed by atoms with Gasteiger partial charge in [0.25, 0.3) is 0 Å². The molecule has 2 heterocycles. The molecule has 0 unspecified atom stereocenters. The number of rotatable bonds is 4. The molecule has 5 nitrogen and oxygen atoms in total. The summed E-state index contributed by atoms with van der Waals surface area (Å²) >= 11 is 0. The summed E-state index contributed by atoms with van der Waals surface area (Å²) in [5.74, 6) is 0.535. The Morgan fingerprint density at radius 2 is 2.18 bits per heavy atom. The van der Waals surface area contributed by atoms with Gasteiger partial charge in [0.2, 0.25) is 0 Å². The van der Waals surface area contributed by atoms with Gasteiger partial charge in [-0.25, -0.2) is 4.68 Å². The van der Waals surface area contributed by atoms with Crippen LogP contribution in [0.25, 0.3) is 0 Å². The molecule has 0 saturated carbocycles. The number of nitrogens with zero attached hydrogens (tertiary/aromatic N) is 4. The molecule has 0 aliphatic heterocycles. The van der Waals surface area contributed by atoms with Crippen molar-refractivity contribution >= 4 is 5.82 Å². The Bertz CT molecular complexity index is 503. The van der Waals surface area contributed by atoms with Crippen molar-refractivity contribution in [3.63, 3.8) is 0 Å². The molecule has 0 spiro atoms. The van der Waals surface area contributed by atoms with Crippen LogP contribution in [0.4, 0.5) is 5.82 Å². The Morgan fingerprint density at radius 3 is 2.88 bits per heavy atom. The molecule has 17 heavy (non-hydrogen) atoms. The highest BCUT2D eigenvalue weighted by atomic mass is 15.4. The molecule has 0 fully saturated rings. The van der Waals surface area contributed by atoms with Crippen molar-refractivity contribution in [2.75, 3.05) is 5.73 Å². The Balaban J connectivity index is 2.24. The van der Waals surface area contributed by atoms with Crippen molar-refractivity contribution < 1.29 is 0 Å². The van der Waals surface area contributed by atoms with E-state index in [4.69, 9.17) is 5.73 Å². The molecule has 0 aliphatic carbocycles. The lowest BCUT2D eigenvalue weighted by Crippen LogP contribution is -2.07. The fourth-order valence-electron chi connectivity index (χ4n) is 1.84. The molecule has 0 bridgehead atoms. The quantitative estimate of drug-likeness (QED) is 0.867. The first-order valence-corrected chi connectivity index (χ1v) is 5.79. The maximum Gasteiger partial charge on any atom is 0.169 e. The van der Waals surface area contributed by atoms with Gasteiger partial charge in [0.1, 0.15) is 0 Å². The van der Waals surface area contributed by atoms with E-state index in [2.05, 4.69) is 28.3 Å². The lowest BCUT2D eigenvalue weighted by Gasteiger charge is -2.06. The summed E-state index contributed by atoms with van der Waals surface area (Å²) in [7, 11) is 0. The summed E-state index contributed by atoms with van der Waals surface area (Å²) in [6, 6.07) is 2.10. The van der Waals surface area contributed by atoms with Crippen molar-refractivity contribution in [1.29, 1.82) is 0 Å². The third-order valence-corrected chi connectivity index (χ3v) is 2.62. The van der Waals surface area contributed by atoms with Crippen LogP contribution in [0.1, 0.15) is 30.2 Å². The van der Waals surface area contributed by atoms with E-state index in [1.165, 1.54) is 0 Å². The second-order valence-electron chi connectivity index (χ2n) is 4.20. The maximum absolute atomic E-state index is 5.80. The van der Waals surface area contributed by atoms with Gasteiger partial charge in [-0.05, 0) is 24.5 Å². The van der Waals surface area contributed by atoms with Crippen molar-refractivity contribution in [3.8, 4) is 0 Å². The summed E-state index contributed by atoms with van der Waals surface area (Å²) in [4.78, 5) is 4.17. The second kappa shape index (κ2) is 4.95. The molecule has 2 aromatic rings. The molecule has 5 heteroatoms. The first-order chi connectivity index (χ1) is 8.20. The Morgan fingerprint density at radius 1 is 1.35 bits per heavy atom. The second-order valence-corrected chi connectivity index (χ2v) is 4.20. The van der Waals surface area contributed by atoms with Crippen LogP contribution in [0.3, 0.4) is 0 Å². The average Bonchev–Trinajstić information content (AvgIpc) is 2.62. The van der Waals surface area contributed by atoms with Crippen LogP contribution in [0, 0.1) is 6.92 Å². The largest absolute Gasteiger partial charge is 0.381 e. The summed E-state index contributed by atoms with van der Waals surface area (Å²) in [6.45, 7) is 4.82. The number of hydrogen-bond donors (Lipinski definition) is 1. The summed E-state index contributed by atoms with van der Waals surface area (Å²) in [6.07, 6.45) is 5.62. The van der Waals surface area contributed by atoms with Gasteiger partial charge in [0.05, 0.1) is 12.2 Å². The predicted molar refractivity (Wildman–Crippen MR) is 66.5 cm³/mol. The first-order valence-electron chi connectivity index (χ1n) is 5.79. The molecule has 2 aromatic heterocycles. The van der Waals surface area contributed by atoms with Crippen LogP contribution < -0.4 is 5.73 Å². The molecule has 0 radical (unpaired) electrons. The Kier molecular flexibility index (Phi) is 3.37.